The molecule has 1 aliphatic heterocycles. The molecule has 1 aromatic heterocycles. The highest BCUT2D eigenvalue weighted by atomic mass is 16.5. The predicted molar refractivity (Wildman–Crippen MR) is 117 cm³/mol. The molecule has 0 atom stereocenters. The SMILES string of the molecule is CN1CCc2c(-c3ccccc3Oc3ccccc3)cc3c(N=O)c(O)[nH]c3c2C1. The molecule has 2 N–H and O–H groups in total. The molecule has 0 amide bonds. The summed E-state index contributed by atoms with van der Waals surface area (Å²) in [6.07, 6.45) is 0.862. The van der Waals surface area contributed by atoms with E-state index in [1.165, 1.54) is 5.56 Å². The van der Waals surface area contributed by atoms with Gasteiger partial charge in [-0.1, -0.05) is 36.4 Å². The smallest absolute Gasteiger partial charge is 0.219 e. The summed E-state index contributed by atoms with van der Waals surface area (Å²) < 4.78 is 6.20. The largest absolute Gasteiger partial charge is 0.493 e. The lowest BCUT2D eigenvalue weighted by Crippen LogP contribution is -2.27. The number of rotatable bonds is 4. The van der Waals surface area contributed by atoms with Crippen LogP contribution in [0.25, 0.3) is 22.0 Å². The summed E-state index contributed by atoms with van der Waals surface area (Å²) in [6.45, 7) is 1.65. The van der Waals surface area contributed by atoms with Crippen LogP contribution in [-0.4, -0.2) is 28.6 Å². The second-order valence-electron chi connectivity index (χ2n) is 7.62. The Morgan fingerprint density at radius 2 is 1.80 bits per heavy atom. The Hall–Kier alpha value is -3.64. The molecular formula is C24H21N3O3. The second kappa shape index (κ2) is 7.31. The van der Waals surface area contributed by atoms with Crippen LogP contribution in [-0.2, 0) is 13.0 Å². The van der Waals surface area contributed by atoms with E-state index in [1.807, 2.05) is 60.7 Å². The van der Waals surface area contributed by atoms with Crippen LogP contribution in [0.3, 0.4) is 0 Å². The number of aromatic nitrogens is 1. The minimum absolute atomic E-state index is 0.0451. The lowest BCUT2D eigenvalue weighted by molar-refractivity contribution is 0.314. The van der Waals surface area contributed by atoms with E-state index in [9.17, 15) is 10.0 Å². The summed E-state index contributed by atoms with van der Waals surface area (Å²) in [6, 6.07) is 19.5. The van der Waals surface area contributed by atoms with Crippen LogP contribution in [0.4, 0.5) is 5.69 Å². The maximum absolute atomic E-state index is 11.4. The number of likely N-dealkylation sites (N-methyl/N-ethyl adjacent to an activating group) is 1. The van der Waals surface area contributed by atoms with E-state index in [0.717, 1.165) is 53.2 Å². The maximum Gasteiger partial charge on any atom is 0.219 e. The van der Waals surface area contributed by atoms with Crippen molar-refractivity contribution in [3.63, 3.8) is 0 Å². The molecule has 3 aromatic carbocycles. The number of para-hydroxylation sites is 2. The third-order valence-corrected chi connectivity index (χ3v) is 5.68. The van der Waals surface area contributed by atoms with Crippen LogP contribution in [0, 0.1) is 4.91 Å². The van der Waals surface area contributed by atoms with Gasteiger partial charge in [0.25, 0.3) is 0 Å². The van der Waals surface area contributed by atoms with Gasteiger partial charge in [-0.05, 0) is 59.6 Å². The first-order valence-corrected chi connectivity index (χ1v) is 9.89. The van der Waals surface area contributed by atoms with Gasteiger partial charge in [0.1, 0.15) is 11.5 Å². The van der Waals surface area contributed by atoms with E-state index in [-0.39, 0.29) is 11.6 Å². The van der Waals surface area contributed by atoms with Crippen LogP contribution >= 0.6 is 0 Å². The molecule has 4 aromatic rings. The third kappa shape index (κ3) is 3.02. The van der Waals surface area contributed by atoms with Crippen molar-refractivity contribution in [1.29, 1.82) is 0 Å². The number of nitrogens with one attached hydrogen (secondary N) is 1. The Balaban J connectivity index is 1.75. The van der Waals surface area contributed by atoms with E-state index in [1.54, 1.807) is 0 Å². The van der Waals surface area contributed by atoms with Crippen molar-refractivity contribution in [2.45, 2.75) is 13.0 Å². The molecule has 0 bridgehead atoms. The molecule has 5 rings (SSSR count). The van der Waals surface area contributed by atoms with Crippen molar-refractivity contribution in [3.8, 4) is 28.5 Å². The van der Waals surface area contributed by atoms with Gasteiger partial charge in [0.05, 0.1) is 5.52 Å². The monoisotopic (exact) mass is 399 g/mol. The van der Waals surface area contributed by atoms with Crippen molar-refractivity contribution in [2.75, 3.05) is 13.6 Å². The van der Waals surface area contributed by atoms with Gasteiger partial charge in [0.15, 0.2) is 5.69 Å². The van der Waals surface area contributed by atoms with Crippen molar-refractivity contribution >= 4 is 16.6 Å². The molecular weight excluding hydrogens is 378 g/mol. The van der Waals surface area contributed by atoms with E-state index in [0.29, 0.717) is 5.39 Å². The molecule has 6 nitrogen and oxygen atoms in total. The summed E-state index contributed by atoms with van der Waals surface area (Å²) in [7, 11) is 2.07. The van der Waals surface area contributed by atoms with Gasteiger partial charge < -0.3 is 19.7 Å². The number of nitroso groups, excluding NO2 is 1. The van der Waals surface area contributed by atoms with Crippen LogP contribution < -0.4 is 4.74 Å². The molecule has 0 radical (unpaired) electrons. The van der Waals surface area contributed by atoms with Crippen molar-refractivity contribution in [1.82, 2.24) is 9.88 Å². The number of fused-ring (bicyclic) bond motifs is 3. The first-order valence-electron chi connectivity index (χ1n) is 9.89. The van der Waals surface area contributed by atoms with Crippen molar-refractivity contribution in [2.24, 2.45) is 5.18 Å². The minimum Gasteiger partial charge on any atom is -0.493 e. The lowest BCUT2D eigenvalue weighted by Gasteiger charge is -2.28. The average molecular weight is 399 g/mol. The number of ether oxygens (including phenoxy) is 1. The number of aromatic hydroxyl groups is 1. The molecule has 0 saturated carbocycles. The number of benzene rings is 3. The zero-order chi connectivity index (χ0) is 20.7. The number of aromatic amines is 1. The molecule has 1 aliphatic rings. The number of hydrogen-bond acceptors (Lipinski definition) is 5. The van der Waals surface area contributed by atoms with Gasteiger partial charge in [0.2, 0.25) is 5.88 Å². The number of H-pyrrole nitrogens is 1. The normalized spacial score (nSPS) is 13.9. The summed E-state index contributed by atoms with van der Waals surface area (Å²) in [4.78, 5) is 16.6. The number of nitrogens with zero attached hydrogens (tertiary/aromatic N) is 2. The van der Waals surface area contributed by atoms with Crippen LogP contribution in [0.2, 0.25) is 0 Å². The molecule has 0 fully saturated rings. The lowest BCUT2D eigenvalue weighted by atomic mass is 9.88. The van der Waals surface area contributed by atoms with E-state index in [4.69, 9.17) is 4.74 Å². The van der Waals surface area contributed by atoms with Gasteiger partial charge in [0, 0.05) is 24.0 Å². The highest BCUT2D eigenvalue weighted by molar-refractivity contribution is 6.00. The molecule has 2 heterocycles. The van der Waals surface area contributed by atoms with Gasteiger partial charge in [-0.25, -0.2) is 0 Å². The molecule has 30 heavy (non-hydrogen) atoms. The standard InChI is InChI=1S/C24H21N3O3/c1-27-12-11-16-18(13-19-22(20(16)14-27)25-24(28)23(19)26-29)17-9-5-6-10-21(17)30-15-7-3-2-4-8-15/h2-10,13,25,28H,11-12,14H2,1H3. The second-order valence-corrected chi connectivity index (χ2v) is 7.62. The fraction of sp³-hybridized carbons (Fsp3) is 0.167. The molecule has 0 aliphatic carbocycles. The van der Waals surface area contributed by atoms with Crippen LogP contribution in [0.1, 0.15) is 11.1 Å². The molecule has 0 saturated heterocycles. The quantitative estimate of drug-likeness (QED) is 0.430. The van der Waals surface area contributed by atoms with Gasteiger partial charge in [-0.2, -0.15) is 0 Å². The summed E-state index contributed by atoms with van der Waals surface area (Å²) >= 11 is 0. The highest BCUT2D eigenvalue weighted by Gasteiger charge is 2.25. The summed E-state index contributed by atoms with van der Waals surface area (Å²) in [5, 5.41) is 13.9. The van der Waals surface area contributed by atoms with Crippen molar-refractivity contribution < 1.29 is 9.84 Å². The maximum atomic E-state index is 11.4. The summed E-state index contributed by atoms with van der Waals surface area (Å²) in [5.74, 6) is 1.31. The zero-order valence-electron chi connectivity index (χ0n) is 16.6. The molecule has 0 unspecified atom stereocenters. The summed E-state index contributed by atoms with van der Waals surface area (Å²) in [5.41, 5.74) is 5.04. The predicted octanol–water partition coefficient (Wildman–Crippen LogP) is 5.72. The Labute approximate surface area is 173 Å². The minimum atomic E-state index is -0.193. The Morgan fingerprint density at radius 3 is 2.60 bits per heavy atom. The molecule has 6 heteroatoms. The molecule has 150 valence electrons. The van der Waals surface area contributed by atoms with E-state index >= 15 is 0 Å². The fourth-order valence-electron chi connectivity index (χ4n) is 4.25. The van der Waals surface area contributed by atoms with E-state index < -0.39 is 0 Å². The zero-order valence-corrected chi connectivity index (χ0v) is 16.6. The Kier molecular flexibility index (Phi) is 4.48. The average Bonchev–Trinajstić information content (AvgIpc) is 3.09. The van der Waals surface area contributed by atoms with Gasteiger partial charge in [-0.15, -0.1) is 4.91 Å². The van der Waals surface area contributed by atoms with Gasteiger partial charge in [-0.3, -0.25) is 0 Å². The first-order chi connectivity index (χ1) is 14.7. The Morgan fingerprint density at radius 1 is 1.03 bits per heavy atom. The van der Waals surface area contributed by atoms with Gasteiger partial charge >= 0.3 is 0 Å². The van der Waals surface area contributed by atoms with Crippen LogP contribution in [0.5, 0.6) is 17.4 Å². The third-order valence-electron chi connectivity index (χ3n) is 5.68. The highest BCUT2D eigenvalue weighted by Crippen LogP contribution is 2.45. The first kappa shape index (κ1) is 18.4. The number of hydrogen-bond donors (Lipinski definition) is 2. The van der Waals surface area contributed by atoms with E-state index in [2.05, 4.69) is 22.1 Å². The Bertz CT molecular complexity index is 1250. The van der Waals surface area contributed by atoms with Crippen molar-refractivity contribution in [3.05, 3.63) is 76.7 Å². The fourth-order valence-corrected chi connectivity index (χ4v) is 4.25. The van der Waals surface area contributed by atoms with Crippen LogP contribution in [0.15, 0.2) is 65.8 Å². The topological polar surface area (TPSA) is 77.9 Å². The molecule has 0 spiro atoms.